The Balaban J connectivity index is 1.44. The number of nitrogens with zero attached hydrogens (tertiary/aromatic N) is 2. The van der Waals surface area contributed by atoms with Crippen molar-refractivity contribution in [3.05, 3.63) is 39.8 Å². The second-order valence-electron chi connectivity index (χ2n) is 6.39. The van der Waals surface area contributed by atoms with Gasteiger partial charge in [-0.3, -0.25) is 15.0 Å². The third-order valence-corrected chi connectivity index (χ3v) is 5.58. The van der Waals surface area contributed by atoms with Crippen LogP contribution in [-0.4, -0.2) is 35.5 Å². The minimum atomic E-state index is -0.199. The average molecular weight is 424 g/mol. The molecule has 0 spiro atoms. The number of halogens is 1. The molecule has 1 fully saturated rings. The number of hydrogen-bond acceptors (Lipinski definition) is 5. The summed E-state index contributed by atoms with van der Waals surface area (Å²) in [5.41, 5.74) is 1.02. The van der Waals surface area contributed by atoms with Gasteiger partial charge in [-0.05, 0) is 56.1 Å². The molecule has 1 amide bonds. The second kappa shape index (κ2) is 8.78. The fourth-order valence-corrected chi connectivity index (χ4v) is 3.70. The molecule has 1 aliphatic rings. The minimum absolute atomic E-state index is 0.0272. The first-order valence-corrected chi connectivity index (χ1v) is 10.1. The van der Waals surface area contributed by atoms with Crippen molar-refractivity contribution in [3.63, 3.8) is 0 Å². The van der Waals surface area contributed by atoms with Crippen molar-refractivity contribution in [2.75, 3.05) is 25.0 Å². The van der Waals surface area contributed by atoms with Gasteiger partial charge < -0.3 is 4.74 Å². The molecule has 3 rings (SSSR count). The molecule has 1 aliphatic heterocycles. The monoisotopic (exact) mass is 423 g/mol. The maximum absolute atomic E-state index is 12.0. The molecular weight excluding hydrogens is 402 g/mol. The molecule has 2 aromatic rings. The molecule has 0 bridgehead atoms. The quantitative estimate of drug-likeness (QED) is 0.757. The molecule has 0 saturated carbocycles. The van der Waals surface area contributed by atoms with Crippen LogP contribution in [0.2, 0.25) is 0 Å². The molecule has 1 saturated heterocycles. The Morgan fingerprint density at radius 1 is 1.36 bits per heavy atom. The number of nitrogens with one attached hydrogen (secondary N) is 1. The molecule has 5 nitrogen and oxygen atoms in total. The molecule has 25 heavy (non-hydrogen) atoms. The third-order valence-electron chi connectivity index (χ3n) is 4.24. The molecular formula is C18H22BrN3O2S. The van der Waals surface area contributed by atoms with Crippen LogP contribution in [0.5, 0.6) is 5.75 Å². The molecule has 1 N–H and O–H groups in total. The number of aromatic nitrogens is 1. The van der Waals surface area contributed by atoms with Crippen LogP contribution in [0.4, 0.5) is 5.13 Å². The van der Waals surface area contributed by atoms with Crippen molar-refractivity contribution in [1.82, 2.24) is 9.88 Å². The molecule has 0 atom stereocenters. The van der Waals surface area contributed by atoms with Crippen molar-refractivity contribution in [1.29, 1.82) is 0 Å². The van der Waals surface area contributed by atoms with Crippen LogP contribution < -0.4 is 10.1 Å². The smallest absolute Gasteiger partial charge is 0.264 e. The van der Waals surface area contributed by atoms with Gasteiger partial charge in [0.2, 0.25) is 0 Å². The summed E-state index contributed by atoms with van der Waals surface area (Å²) >= 11 is 4.82. The highest BCUT2D eigenvalue weighted by Gasteiger charge is 2.17. The zero-order chi connectivity index (χ0) is 17.6. The number of benzene rings is 1. The summed E-state index contributed by atoms with van der Waals surface area (Å²) < 4.78 is 6.44. The summed E-state index contributed by atoms with van der Waals surface area (Å²) in [7, 11) is 0. The number of carbonyl (C=O) groups is 1. The lowest BCUT2D eigenvalue weighted by atomic mass is 9.99. The van der Waals surface area contributed by atoms with Crippen LogP contribution in [-0.2, 0) is 11.3 Å². The number of amides is 1. The summed E-state index contributed by atoms with van der Waals surface area (Å²) in [6.07, 6.45) is 2.50. The average Bonchev–Trinajstić information content (AvgIpc) is 3.03. The maximum Gasteiger partial charge on any atom is 0.264 e. The lowest BCUT2D eigenvalue weighted by Crippen LogP contribution is -2.32. The molecule has 2 heterocycles. The first-order chi connectivity index (χ1) is 12.1. The fraction of sp³-hybridized carbons (Fsp3) is 0.444. The van der Waals surface area contributed by atoms with E-state index in [1.807, 2.05) is 29.6 Å². The SMILES string of the molecule is CC1CCN(Cc2csc(NC(=O)COc3ccc(Br)cc3)n2)CC1. The Bertz CT molecular complexity index is 697. The van der Waals surface area contributed by atoms with Gasteiger partial charge in [0.05, 0.1) is 5.69 Å². The number of carbonyl (C=O) groups excluding carboxylic acids is 1. The zero-order valence-electron chi connectivity index (χ0n) is 14.2. The molecule has 7 heteroatoms. The summed E-state index contributed by atoms with van der Waals surface area (Å²) in [6, 6.07) is 7.39. The van der Waals surface area contributed by atoms with E-state index in [1.54, 1.807) is 0 Å². The lowest BCUT2D eigenvalue weighted by Gasteiger charge is -2.29. The van der Waals surface area contributed by atoms with Gasteiger partial charge in [-0.2, -0.15) is 0 Å². The van der Waals surface area contributed by atoms with Crippen molar-refractivity contribution in [2.24, 2.45) is 5.92 Å². The van der Waals surface area contributed by atoms with E-state index >= 15 is 0 Å². The van der Waals surface area contributed by atoms with Gasteiger partial charge in [0.15, 0.2) is 11.7 Å². The van der Waals surface area contributed by atoms with Crippen LogP contribution in [0, 0.1) is 5.92 Å². The standard InChI is InChI=1S/C18H22BrN3O2S/c1-13-6-8-22(9-7-13)10-15-12-25-18(20-15)21-17(23)11-24-16-4-2-14(19)3-5-16/h2-5,12-13H,6-11H2,1H3,(H,20,21,23). The van der Waals surface area contributed by atoms with Crippen LogP contribution in [0.1, 0.15) is 25.5 Å². The van der Waals surface area contributed by atoms with Gasteiger partial charge in [0.25, 0.3) is 5.91 Å². The molecule has 134 valence electrons. The van der Waals surface area contributed by atoms with Crippen LogP contribution >= 0.6 is 27.3 Å². The first-order valence-electron chi connectivity index (χ1n) is 8.43. The number of ether oxygens (including phenoxy) is 1. The topological polar surface area (TPSA) is 54.5 Å². The maximum atomic E-state index is 12.0. The first kappa shape index (κ1) is 18.4. The number of likely N-dealkylation sites (tertiary alicyclic amines) is 1. The number of rotatable bonds is 6. The third kappa shape index (κ3) is 5.80. The van der Waals surface area contributed by atoms with Gasteiger partial charge in [0, 0.05) is 16.4 Å². The highest BCUT2D eigenvalue weighted by molar-refractivity contribution is 9.10. The van der Waals surface area contributed by atoms with Gasteiger partial charge in [0.1, 0.15) is 5.75 Å². The van der Waals surface area contributed by atoms with Crippen LogP contribution in [0.3, 0.4) is 0 Å². The van der Waals surface area contributed by atoms with Gasteiger partial charge >= 0.3 is 0 Å². The summed E-state index contributed by atoms with van der Waals surface area (Å²) in [5, 5.41) is 5.45. The van der Waals surface area contributed by atoms with E-state index in [9.17, 15) is 4.79 Å². The lowest BCUT2D eigenvalue weighted by molar-refractivity contribution is -0.118. The van der Waals surface area contributed by atoms with E-state index in [0.717, 1.165) is 35.7 Å². The Morgan fingerprint density at radius 2 is 2.08 bits per heavy atom. The van der Waals surface area contributed by atoms with E-state index in [0.29, 0.717) is 10.9 Å². The summed E-state index contributed by atoms with van der Waals surface area (Å²) in [6.45, 7) is 5.39. The second-order valence-corrected chi connectivity index (χ2v) is 8.17. The molecule has 1 aromatic carbocycles. The van der Waals surface area contributed by atoms with E-state index in [4.69, 9.17) is 4.74 Å². The number of anilines is 1. The van der Waals surface area contributed by atoms with Crippen molar-refractivity contribution >= 4 is 38.3 Å². The minimum Gasteiger partial charge on any atom is -0.484 e. The molecule has 0 radical (unpaired) electrons. The summed E-state index contributed by atoms with van der Waals surface area (Å²) in [4.78, 5) is 18.9. The van der Waals surface area contributed by atoms with Gasteiger partial charge in [-0.1, -0.05) is 22.9 Å². The summed E-state index contributed by atoms with van der Waals surface area (Å²) in [5.74, 6) is 1.29. The number of piperidine rings is 1. The predicted molar refractivity (Wildman–Crippen MR) is 104 cm³/mol. The highest BCUT2D eigenvalue weighted by atomic mass is 79.9. The largest absolute Gasteiger partial charge is 0.484 e. The zero-order valence-corrected chi connectivity index (χ0v) is 16.6. The molecule has 0 unspecified atom stereocenters. The van der Waals surface area contributed by atoms with Crippen LogP contribution in [0.25, 0.3) is 0 Å². The Morgan fingerprint density at radius 3 is 2.80 bits per heavy atom. The Labute approximate surface area is 160 Å². The van der Waals surface area contributed by atoms with E-state index in [2.05, 4.69) is 38.1 Å². The highest BCUT2D eigenvalue weighted by Crippen LogP contribution is 2.21. The van der Waals surface area contributed by atoms with E-state index in [-0.39, 0.29) is 12.5 Å². The fourth-order valence-electron chi connectivity index (χ4n) is 2.72. The van der Waals surface area contributed by atoms with E-state index < -0.39 is 0 Å². The van der Waals surface area contributed by atoms with Crippen LogP contribution in [0.15, 0.2) is 34.1 Å². The number of hydrogen-bond donors (Lipinski definition) is 1. The normalized spacial score (nSPS) is 15.9. The van der Waals surface area contributed by atoms with Gasteiger partial charge in [-0.25, -0.2) is 4.98 Å². The van der Waals surface area contributed by atoms with Gasteiger partial charge in [-0.15, -0.1) is 11.3 Å². The number of thiazole rings is 1. The van der Waals surface area contributed by atoms with Crippen molar-refractivity contribution in [2.45, 2.75) is 26.3 Å². The van der Waals surface area contributed by atoms with Crippen molar-refractivity contribution in [3.8, 4) is 5.75 Å². The predicted octanol–water partition coefficient (Wildman–Crippen LogP) is 4.16. The van der Waals surface area contributed by atoms with E-state index in [1.165, 1.54) is 24.2 Å². The molecule has 0 aliphatic carbocycles. The Kier molecular flexibility index (Phi) is 6.45. The molecule has 1 aromatic heterocycles. The Hall–Kier alpha value is -1.44. The van der Waals surface area contributed by atoms with Crippen molar-refractivity contribution < 1.29 is 9.53 Å².